The summed E-state index contributed by atoms with van der Waals surface area (Å²) in [5.74, 6) is -0.0617. The van der Waals surface area contributed by atoms with Crippen LogP contribution in [0.15, 0.2) is 0 Å². The minimum atomic E-state index is -0.809. The molecule has 1 fully saturated rings. The lowest BCUT2D eigenvalue weighted by molar-refractivity contribution is -0.160. The van der Waals surface area contributed by atoms with E-state index >= 15 is 0 Å². The summed E-state index contributed by atoms with van der Waals surface area (Å²) in [5.41, 5.74) is -0.809. The quantitative estimate of drug-likeness (QED) is 0.780. The Morgan fingerprint density at radius 2 is 1.90 bits per heavy atom. The molecule has 1 aliphatic rings. The number of nitrogens with zero attached hydrogens (tertiary/aromatic N) is 1. The molecule has 2 atom stereocenters. The zero-order valence-electron chi connectivity index (χ0n) is 13.0. The van der Waals surface area contributed by atoms with Crippen LogP contribution in [0.1, 0.15) is 53.4 Å². The summed E-state index contributed by atoms with van der Waals surface area (Å²) in [6.07, 6.45) is 2.22. The van der Waals surface area contributed by atoms with Gasteiger partial charge < -0.3 is 10.2 Å². The van der Waals surface area contributed by atoms with Gasteiger partial charge in [0.1, 0.15) is 11.6 Å². The largest absolute Gasteiger partial charge is 0.342 e. The predicted octanol–water partition coefficient (Wildman–Crippen LogP) is 2.28. The SMILES string of the molecule is CCC(C)C1NC(=O)C(CC)(CC)N(CCCF)C1=O. The number of carbonyl (C=O) groups is 2. The maximum absolute atomic E-state index is 12.7. The van der Waals surface area contributed by atoms with E-state index in [1.165, 1.54) is 0 Å². The van der Waals surface area contributed by atoms with E-state index in [1.807, 2.05) is 27.7 Å². The maximum Gasteiger partial charge on any atom is 0.246 e. The van der Waals surface area contributed by atoms with E-state index < -0.39 is 18.3 Å². The minimum Gasteiger partial charge on any atom is -0.342 e. The number of halogens is 1. The Morgan fingerprint density at radius 1 is 1.30 bits per heavy atom. The number of nitrogens with one attached hydrogen (secondary N) is 1. The van der Waals surface area contributed by atoms with Gasteiger partial charge in [-0.25, -0.2) is 0 Å². The molecule has 0 aromatic carbocycles. The lowest BCUT2D eigenvalue weighted by Gasteiger charge is -2.48. The van der Waals surface area contributed by atoms with Crippen LogP contribution in [0.3, 0.4) is 0 Å². The van der Waals surface area contributed by atoms with Crippen LogP contribution < -0.4 is 5.32 Å². The number of rotatable bonds is 7. The molecular weight excluding hydrogens is 259 g/mol. The average Bonchev–Trinajstić information content (AvgIpc) is 2.47. The average molecular weight is 286 g/mol. The third-order valence-electron chi connectivity index (χ3n) is 4.66. The van der Waals surface area contributed by atoms with Crippen molar-refractivity contribution in [2.45, 2.75) is 65.0 Å². The third-order valence-corrected chi connectivity index (χ3v) is 4.66. The lowest BCUT2D eigenvalue weighted by Crippen LogP contribution is -2.71. The third kappa shape index (κ3) is 2.81. The molecule has 4 nitrogen and oxygen atoms in total. The summed E-state index contributed by atoms with van der Waals surface area (Å²) < 4.78 is 12.5. The second-order valence-electron chi connectivity index (χ2n) is 5.61. The second-order valence-corrected chi connectivity index (χ2v) is 5.61. The van der Waals surface area contributed by atoms with Crippen molar-refractivity contribution in [1.82, 2.24) is 10.2 Å². The number of hydrogen-bond acceptors (Lipinski definition) is 2. The van der Waals surface area contributed by atoms with Crippen molar-refractivity contribution in [2.24, 2.45) is 5.92 Å². The van der Waals surface area contributed by atoms with E-state index in [1.54, 1.807) is 4.90 Å². The van der Waals surface area contributed by atoms with Gasteiger partial charge in [-0.3, -0.25) is 14.0 Å². The molecule has 1 heterocycles. The molecule has 2 amide bonds. The predicted molar refractivity (Wildman–Crippen MR) is 77.0 cm³/mol. The van der Waals surface area contributed by atoms with Gasteiger partial charge >= 0.3 is 0 Å². The summed E-state index contributed by atoms with van der Waals surface area (Å²) in [4.78, 5) is 26.9. The van der Waals surface area contributed by atoms with Crippen molar-refractivity contribution in [3.8, 4) is 0 Å². The smallest absolute Gasteiger partial charge is 0.246 e. The fourth-order valence-corrected chi connectivity index (χ4v) is 2.95. The molecule has 0 radical (unpaired) electrons. The fraction of sp³-hybridized carbons (Fsp3) is 0.867. The Labute approximate surface area is 121 Å². The van der Waals surface area contributed by atoms with E-state index in [-0.39, 0.29) is 24.2 Å². The molecular formula is C15H27FN2O2. The van der Waals surface area contributed by atoms with Crippen molar-refractivity contribution in [3.63, 3.8) is 0 Å². The zero-order chi connectivity index (χ0) is 15.3. The molecule has 1 saturated heterocycles. The summed E-state index contributed by atoms with van der Waals surface area (Å²) in [6, 6.07) is -0.474. The zero-order valence-corrected chi connectivity index (χ0v) is 13.0. The standard InChI is InChI=1S/C15H27FN2O2/c1-5-11(4)12-13(19)18(10-8-9-16)15(6-2,7-3)14(20)17-12/h11-12H,5-10H2,1-4H3,(H,17,20). The van der Waals surface area contributed by atoms with Crippen LogP contribution in [0.2, 0.25) is 0 Å². The number of alkyl halides is 1. The molecule has 116 valence electrons. The highest BCUT2D eigenvalue weighted by atomic mass is 19.1. The lowest BCUT2D eigenvalue weighted by atomic mass is 9.83. The van der Waals surface area contributed by atoms with Crippen molar-refractivity contribution < 1.29 is 14.0 Å². The van der Waals surface area contributed by atoms with E-state index in [0.717, 1.165) is 6.42 Å². The highest BCUT2D eigenvalue weighted by Gasteiger charge is 2.50. The molecule has 0 spiro atoms. The monoisotopic (exact) mass is 286 g/mol. The molecule has 1 N–H and O–H groups in total. The molecule has 2 unspecified atom stereocenters. The molecule has 20 heavy (non-hydrogen) atoms. The van der Waals surface area contributed by atoms with E-state index in [2.05, 4.69) is 5.32 Å². The number of carbonyl (C=O) groups excluding carboxylic acids is 2. The first-order valence-corrected chi connectivity index (χ1v) is 7.66. The number of amides is 2. The van der Waals surface area contributed by atoms with Crippen LogP contribution in [0, 0.1) is 5.92 Å². The van der Waals surface area contributed by atoms with E-state index in [9.17, 15) is 14.0 Å². The Kier molecular flexibility index (Phi) is 5.96. The second kappa shape index (κ2) is 7.04. The Hall–Kier alpha value is -1.13. The van der Waals surface area contributed by atoms with Crippen LogP contribution in [-0.2, 0) is 9.59 Å². The van der Waals surface area contributed by atoms with Gasteiger partial charge in [0.2, 0.25) is 11.8 Å². The van der Waals surface area contributed by atoms with Gasteiger partial charge in [0.15, 0.2) is 0 Å². The van der Waals surface area contributed by atoms with Crippen molar-refractivity contribution in [1.29, 1.82) is 0 Å². The maximum atomic E-state index is 12.7. The Morgan fingerprint density at radius 3 is 2.35 bits per heavy atom. The first-order valence-electron chi connectivity index (χ1n) is 7.66. The van der Waals surface area contributed by atoms with Crippen LogP contribution in [0.25, 0.3) is 0 Å². The summed E-state index contributed by atoms with van der Waals surface area (Å²) >= 11 is 0. The first-order chi connectivity index (χ1) is 9.48. The Bertz CT molecular complexity index is 356. The molecule has 0 aliphatic carbocycles. The molecule has 0 aromatic heterocycles. The van der Waals surface area contributed by atoms with Crippen LogP contribution in [0.4, 0.5) is 4.39 Å². The van der Waals surface area contributed by atoms with Gasteiger partial charge in [0.05, 0.1) is 6.67 Å². The molecule has 1 aliphatic heterocycles. The Balaban J connectivity index is 3.10. The topological polar surface area (TPSA) is 49.4 Å². The van der Waals surface area contributed by atoms with Crippen molar-refractivity contribution in [3.05, 3.63) is 0 Å². The van der Waals surface area contributed by atoms with Gasteiger partial charge in [0.25, 0.3) is 0 Å². The van der Waals surface area contributed by atoms with Gasteiger partial charge in [-0.05, 0) is 25.2 Å². The molecule has 1 rings (SSSR count). The first kappa shape index (κ1) is 16.9. The fourth-order valence-electron chi connectivity index (χ4n) is 2.95. The number of piperazine rings is 1. The number of hydrogen-bond donors (Lipinski definition) is 1. The van der Waals surface area contributed by atoms with Gasteiger partial charge in [0, 0.05) is 6.54 Å². The summed E-state index contributed by atoms with van der Waals surface area (Å²) in [5, 5.41) is 2.89. The molecule has 0 bridgehead atoms. The van der Waals surface area contributed by atoms with Crippen LogP contribution >= 0.6 is 0 Å². The van der Waals surface area contributed by atoms with Crippen LogP contribution in [0.5, 0.6) is 0 Å². The molecule has 0 saturated carbocycles. The van der Waals surface area contributed by atoms with Gasteiger partial charge in [-0.15, -0.1) is 0 Å². The molecule has 5 heteroatoms. The molecule has 0 aromatic rings. The van der Waals surface area contributed by atoms with Crippen molar-refractivity contribution in [2.75, 3.05) is 13.2 Å². The summed E-state index contributed by atoms with van der Waals surface area (Å²) in [6.45, 7) is 7.61. The normalized spacial score (nSPS) is 23.6. The minimum absolute atomic E-state index is 0.0592. The van der Waals surface area contributed by atoms with Crippen molar-refractivity contribution >= 4 is 11.8 Å². The van der Waals surface area contributed by atoms with E-state index in [0.29, 0.717) is 19.4 Å². The van der Waals surface area contributed by atoms with Gasteiger partial charge in [-0.2, -0.15) is 0 Å². The summed E-state index contributed by atoms with van der Waals surface area (Å²) in [7, 11) is 0. The van der Waals surface area contributed by atoms with Crippen LogP contribution in [-0.4, -0.2) is 41.5 Å². The van der Waals surface area contributed by atoms with E-state index in [4.69, 9.17) is 0 Å². The highest BCUT2D eigenvalue weighted by molar-refractivity contribution is 5.99. The highest BCUT2D eigenvalue weighted by Crippen LogP contribution is 2.31. The van der Waals surface area contributed by atoms with Gasteiger partial charge in [-0.1, -0.05) is 34.1 Å².